The first-order chi connectivity index (χ1) is 16.3. The molecular weight excluding hydrogens is 406 g/mol. The van der Waals surface area contributed by atoms with E-state index in [-0.39, 0.29) is 0 Å². The van der Waals surface area contributed by atoms with Crippen LogP contribution >= 0.6 is 0 Å². The van der Waals surface area contributed by atoms with Crippen LogP contribution in [0.2, 0.25) is 0 Å². The van der Waals surface area contributed by atoms with E-state index in [0.29, 0.717) is 6.61 Å². The fourth-order valence-electron chi connectivity index (χ4n) is 4.12. The summed E-state index contributed by atoms with van der Waals surface area (Å²) in [5, 5.41) is 4.76. The van der Waals surface area contributed by atoms with Crippen molar-refractivity contribution in [1.29, 1.82) is 0 Å². The summed E-state index contributed by atoms with van der Waals surface area (Å²) in [6.07, 6.45) is 8.75. The Kier molecular flexibility index (Phi) is 6.34. The lowest BCUT2D eigenvalue weighted by Crippen LogP contribution is -2.01. The third kappa shape index (κ3) is 5.24. The van der Waals surface area contributed by atoms with Gasteiger partial charge in [0.15, 0.2) is 0 Å². The second kappa shape index (κ2) is 10.0. The summed E-state index contributed by atoms with van der Waals surface area (Å²) in [7, 11) is 0. The highest BCUT2D eigenvalue weighted by Gasteiger charge is 2.09. The molecule has 164 valence electrons. The van der Waals surface area contributed by atoms with Crippen LogP contribution in [0.15, 0.2) is 104 Å². The number of aromatic amines is 1. The molecule has 0 unspecified atom stereocenters. The van der Waals surface area contributed by atoms with Crippen LogP contribution in [0.4, 0.5) is 11.4 Å². The Morgan fingerprint density at radius 2 is 1.55 bits per heavy atom. The Hall–Kier alpha value is -4.05. The molecule has 0 saturated carbocycles. The number of aryl methyl sites for hydroxylation is 2. The molecule has 0 aliphatic rings. The van der Waals surface area contributed by atoms with Crippen molar-refractivity contribution in [1.82, 2.24) is 9.97 Å². The van der Waals surface area contributed by atoms with Gasteiger partial charge in [-0.1, -0.05) is 54.6 Å². The Morgan fingerprint density at radius 3 is 2.42 bits per heavy atom. The van der Waals surface area contributed by atoms with E-state index in [1.54, 1.807) is 12.4 Å². The van der Waals surface area contributed by atoms with Gasteiger partial charge < -0.3 is 15.0 Å². The van der Waals surface area contributed by atoms with Gasteiger partial charge in [-0.2, -0.15) is 0 Å². The summed E-state index contributed by atoms with van der Waals surface area (Å²) < 4.78 is 6.30. The molecule has 2 aromatic heterocycles. The van der Waals surface area contributed by atoms with E-state index < -0.39 is 0 Å². The van der Waals surface area contributed by atoms with Crippen molar-refractivity contribution in [3.63, 3.8) is 0 Å². The number of fused-ring (bicyclic) bond motifs is 1. The SMILES string of the molecule is c1ccc(COc2cc(Nc3ccncc3)ccc2CCCc2c[nH]c3ccccc23)cc1. The number of pyridine rings is 1. The number of rotatable bonds is 9. The Morgan fingerprint density at radius 1 is 0.758 bits per heavy atom. The van der Waals surface area contributed by atoms with E-state index in [4.69, 9.17) is 4.74 Å². The zero-order chi connectivity index (χ0) is 22.3. The lowest BCUT2D eigenvalue weighted by Gasteiger charge is -2.15. The fraction of sp³-hybridized carbons (Fsp3) is 0.138. The monoisotopic (exact) mass is 433 g/mol. The van der Waals surface area contributed by atoms with E-state index in [1.165, 1.54) is 22.0 Å². The number of aromatic nitrogens is 2. The van der Waals surface area contributed by atoms with Crippen molar-refractivity contribution in [2.75, 3.05) is 5.32 Å². The number of para-hydroxylation sites is 1. The van der Waals surface area contributed by atoms with Crippen molar-refractivity contribution >= 4 is 22.3 Å². The normalized spacial score (nSPS) is 10.9. The highest BCUT2D eigenvalue weighted by Crippen LogP contribution is 2.28. The lowest BCUT2D eigenvalue weighted by molar-refractivity contribution is 0.303. The topological polar surface area (TPSA) is 49.9 Å². The van der Waals surface area contributed by atoms with E-state index in [1.807, 2.05) is 30.3 Å². The minimum atomic E-state index is 0.551. The molecule has 0 spiro atoms. The molecule has 0 amide bonds. The predicted octanol–water partition coefficient (Wildman–Crippen LogP) is 7.06. The molecule has 2 N–H and O–H groups in total. The van der Waals surface area contributed by atoms with E-state index in [2.05, 4.69) is 76.1 Å². The molecule has 4 heteroatoms. The maximum absolute atomic E-state index is 6.30. The number of anilines is 2. The maximum atomic E-state index is 6.30. The molecule has 5 rings (SSSR count). The Balaban J connectivity index is 1.31. The summed E-state index contributed by atoms with van der Waals surface area (Å²) in [6, 6.07) is 29.1. The van der Waals surface area contributed by atoms with Gasteiger partial charge >= 0.3 is 0 Å². The molecule has 0 bridgehead atoms. The van der Waals surface area contributed by atoms with Crippen LogP contribution in [0.25, 0.3) is 10.9 Å². The van der Waals surface area contributed by atoms with Gasteiger partial charge in [-0.15, -0.1) is 0 Å². The number of H-pyrrole nitrogens is 1. The molecule has 0 aliphatic heterocycles. The molecule has 0 fully saturated rings. The van der Waals surface area contributed by atoms with Crippen molar-refractivity contribution in [3.8, 4) is 5.75 Å². The molecule has 0 saturated heterocycles. The van der Waals surface area contributed by atoms with Crippen LogP contribution in [0, 0.1) is 0 Å². The lowest BCUT2D eigenvalue weighted by atomic mass is 10.0. The first-order valence-electron chi connectivity index (χ1n) is 11.4. The smallest absolute Gasteiger partial charge is 0.125 e. The quantitative estimate of drug-likeness (QED) is 0.262. The standard InChI is InChI=1S/C29H27N3O/c1-2-7-22(8-3-1)21-33-29-19-26(32-25-15-17-30-18-16-25)14-13-23(29)9-6-10-24-20-31-28-12-5-4-11-27(24)28/h1-5,7-8,11-20,31H,6,9-10,21H2,(H,30,32). The van der Waals surface area contributed by atoms with E-state index in [0.717, 1.165) is 42.0 Å². The second-order valence-corrected chi connectivity index (χ2v) is 8.17. The molecule has 33 heavy (non-hydrogen) atoms. The molecule has 0 radical (unpaired) electrons. The molecule has 2 heterocycles. The van der Waals surface area contributed by atoms with Crippen LogP contribution in [0.3, 0.4) is 0 Å². The second-order valence-electron chi connectivity index (χ2n) is 8.17. The highest BCUT2D eigenvalue weighted by molar-refractivity contribution is 5.83. The van der Waals surface area contributed by atoms with Gasteiger partial charge in [0.1, 0.15) is 12.4 Å². The molecule has 0 atom stereocenters. The van der Waals surface area contributed by atoms with Crippen molar-refractivity contribution in [2.24, 2.45) is 0 Å². The number of hydrogen-bond acceptors (Lipinski definition) is 3. The summed E-state index contributed by atoms with van der Waals surface area (Å²) in [6.45, 7) is 0.551. The Bertz CT molecular complexity index is 1310. The van der Waals surface area contributed by atoms with Crippen LogP contribution < -0.4 is 10.1 Å². The predicted molar refractivity (Wildman–Crippen MR) is 135 cm³/mol. The van der Waals surface area contributed by atoms with Crippen molar-refractivity contribution < 1.29 is 4.74 Å². The average molecular weight is 434 g/mol. The summed E-state index contributed by atoms with van der Waals surface area (Å²) in [4.78, 5) is 7.47. The zero-order valence-corrected chi connectivity index (χ0v) is 18.5. The first-order valence-corrected chi connectivity index (χ1v) is 11.4. The van der Waals surface area contributed by atoms with Gasteiger partial charge in [-0.3, -0.25) is 4.98 Å². The molecule has 5 aromatic rings. The van der Waals surface area contributed by atoms with Gasteiger partial charge in [0.05, 0.1) is 0 Å². The van der Waals surface area contributed by atoms with Gasteiger partial charge in [0.25, 0.3) is 0 Å². The van der Waals surface area contributed by atoms with Gasteiger partial charge in [-0.25, -0.2) is 0 Å². The van der Waals surface area contributed by atoms with Crippen LogP contribution in [-0.4, -0.2) is 9.97 Å². The number of nitrogens with zero attached hydrogens (tertiary/aromatic N) is 1. The van der Waals surface area contributed by atoms with Crippen LogP contribution in [0.1, 0.15) is 23.1 Å². The summed E-state index contributed by atoms with van der Waals surface area (Å²) in [5.74, 6) is 0.928. The van der Waals surface area contributed by atoms with Gasteiger partial charge in [0, 0.05) is 46.9 Å². The molecule has 0 aliphatic carbocycles. The number of benzene rings is 3. The van der Waals surface area contributed by atoms with Crippen LogP contribution in [-0.2, 0) is 19.4 Å². The van der Waals surface area contributed by atoms with E-state index >= 15 is 0 Å². The Labute approximate surface area is 194 Å². The maximum Gasteiger partial charge on any atom is 0.125 e. The van der Waals surface area contributed by atoms with Crippen LogP contribution in [0.5, 0.6) is 5.75 Å². The molecule has 3 aromatic carbocycles. The highest BCUT2D eigenvalue weighted by atomic mass is 16.5. The van der Waals surface area contributed by atoms with Gasteiger partial charge in [-0.05, 0) is 60.2 Å². The fourth-order valence-corrected chi connectivity index (χ4v) is 4.12. The summed E-state index contributed by atoms with van der Waals surface area (Å²) in [5.41, 5.74) is 6.97. The van der Waals surface area contributed by atoms with Crippen molar-refractivity contribution in [2.45, 2.75) is 25.9 Å². The van der Waals surface area contributed by atoms with Crippen molar-refractivity contribution in [3.05, 3.63) is 120 Å². The van der Waals surface area contributed by atoms with Gasteiger partial charge in [0.2, 0.25) is 0 Å². The zero-order valence-electron chi connectivity index (χ0n) is 18.5. The third-order valence-electron chi connectivity index (χ3n) is 5.84. The number of hydrogen-bond donors (Lipinski definition) is 2. The molecular formula is C29H27N3O. The third-order valence-corrected chi connectivity index (χ3v) is 5.84. The largest absolute Gasteiger partial charge is 0.489 e. The molecule has 4 nitrogen and oxygen atoms in total. The summed E-state index contributed by atoms with van der Waals surface area (Å²) >= 11 is 0. The van der Waals surface area contributed by atoms with E-state index in [9.17, 15) is 0 Å². The average Bonchev–Trinajstić information content (AvgIpc) is 3.28. The number of ether oxygens (including phenoxy) is 1. The first kappa shape index (κ1) is 20.8. The minimum absolute atomic E-state index is 0.551. The minimum Gasteiger partial charge on any atom is -0.489 e. The number of nitrogens with one attached hydrogen (secondary N) is 2.